The molecule has 0 aliphatic rings. The van der Waals surface area contributed by atoms with Crippen LogP contribution in [0.25, 0.3) is 0 Å². The van der Waals surface area contributed by atoms with Gasteiger partial charge in [-0.05, 0) is 48.7 Å². The number of carbonyl (C=O) groups is 1. The van der Waals surface area contributed by atoms with Crippen LogP contribution in [0.5, 0.6) is 0 Å². The summed E-state index contributed by atoms with van der Waals surface area (Å²) in [4.78, 5) is 11.5. The summed E-state index contributed by atoms with van der Waals surface area (Å²) in [5.74, 6) is -60.5. The molecule has 208 valence electrons. The van der Waals surface area contributed by atoms with Crippen LogP contribution in [0.2, 0.25) is 0 Å². The van der Waals surface area contributed by atoms with E-state index in [2.05, 4.69) is 11.6 Å². The number of anilines is 1. The van der Waals surface area contributed by atoms with Gasteiger partial charge in [0.05, 0.1) is 0 Å². The van der Waals surface area contributed by atoms with E-state index in [0.29, 0.717) is 0 Å². The number of rotatable bonds is 9. The topological polar surface area (TPSA) is 29.1 Å². The standard InChI is InChI=1S/C17H10ClF16NO/c1-6-3-7(2)5-8(4-6)35-9(36)10(19,20)11(21,22)12(23,24)13(25,26)14(27,28)15(29,30)16(31,32)17(18,33)34/h3-5H,1-2H3,(H,35,36). The molecular formula is C17H10ClF16NO. The highest BCUT2D eigenvalue weighted by atomic mass is 35.5. The molecule has 0 aliphatic carbocycles. The van der Waals surface area contributed by atoms with Crippen molar-refractivity contribution in [3.05, 3.63) is 29.3 Å². The van der Waals surface area contributed by atoms with Crippen LogP contribution in [0.3, 0.4) is 0 Å². The number of aryl methyl sites for hydroxylation is 2. The van der Waals surface area contributed by atoms with Gasteiger partial charge in [0, 0.05) is 5.69 Å². The average Bonchev–Trinajstić information content (AvgIpc) is 2.65. The zero-order chi connectivity index (χ0) is 29.1. The van der Waals surface area contributed by atoms with Gasteiger partial charge >= 0.3 is 52.7 Å². The Labute approximate surface area is 194 Å². The molecular weight excluding hydrogens is 574 g/mol. The summed E-state index contributed by atoms with van der Waals surface area (Å²) < 4.78 is 215. The molecule has 1 N–H and O–H groups in total. The maximum Gasteiger partial charge on any atom is 0.393 e. The van der Waals surface area contributed by atoms with E-state index in [1.54, 1.807) is 0 Å². The number of hydrogen-bond donors (Lipinski definition) is 1. The van der Waals surface area contributed by atoms with Gasteiger partial charge in [-0.2, -0.15) is 70.2 Å². The molecule has 0 aliphatic heterocycles. The molecule has 19 heteroatoms. The number of hydrogen-bond acceptors (Lipinski definition) is 1. The molecule has 0 aromatic heterocycles. The highest BCUT2D eigenvalue weighted by molar-refractivity contribution is 6.22. The zero-order valence-corrected chi connectivity index (χ0v) is 17.8. The number of benzene rings is 1. The van der Waals surface area contributed by atoms with Crippen molar-refractivity contribution in [3.8, 4) is 0 Å². The SMILES string of the molecule is Cc1cc(C)cc(NC(=O)C(F)(F)C(F)(F)C(F)(F)C(F)(F)C(F)(F)C(F)(F)C(F)(F)C(F)(F)Cl)c1. The van der Waals surface area contributed by atoms with Crippen LogP contribution < -0.4 is 5.32 Å². The molecule has 0 fully saturated rings. The van der Waals surface area contributed by atoms with Crippen LogP contribution in [0.1, 0.15) is 11.1 Å². The Bertz CT molecular complexity index is 981. The molecule has 2 nitrogen and oxygen atoms in total. The first-order valence-electron chi connectivity index (χ1n) is 8.65. The third-order valence-corrected chi connectivity index (χ3v) is 4.72. The van der Waals surface area contributed by atoms with Crippen molar-refractivity contribution in [2.45, 2.75) is 60.7 Å². The average molecular weight is 584 g/mol. The van der Waals surface area contributed by atoms with E-state index in [4.69, 9.17) is 0 Å². The Hall–Kier alpha value is -2.14. The van der Waals surface area contributed by atoms with Gasteiger partial charge in [0.2, 0.25) is 0 Å². The highest BCUT2D eigenvalue weighted by Crippen LogP contribution is 2.64. The lowest BCUT2D eigenvalue weighted by Crippen LogP contribution is -2.75. The Balaban J connectivity index is 3.59. The molecule has 0 unspecified atom stereocenters. The van der Waals surface area contributed by atoms with E-state index in [1.165, 1.54) is 19.9 Å². The van der Waals surface area contributed by atoms with Gasteiger partial charge in [-0.3, -0.25) is 4.79 Å². The quantitative estimate of drug-likeness (QED) is 0.237. The van der Waals surface area contributed by atoms with E-state index in [1.807, 2.05) is 0 Å². The smallest absolute Gasteiger partial charge is 0.321 e. The summed E-state index contributed by atoms with van der Waals surface area (Å²) >= 11 is 3.43. The monoisotopic (exact) mass is 583 g/mol. The number of nitrogens with one attached hydrogen (secondary N) is 1. The number of carbonyl (C=O) groups excluding carboxylic acids is 1. The molecule has 1 aromatic rings. The lowest BCUT2D eigenvalue weighted by atomic mass is 9.89. The maximum atomic E-state index is 13.9. The normalized spacial score (nSPS) is 15.2. The lowest BCUT2D eigenvalue weighted by Gasteiger charge is -2.42. The van der Waals surface area contributed by atoms with Crippen LogP contribution in [-0.2, 0) is 4.79 Å². The van der Waals surface area contributed by atoms with Gasteiger partial charge in [0.15, 0.2) is 0 Å². The molecule has 0 atom stereocenters. The summed E-state index contributed by atoms with van der Waals surface area (Å²) in [6.07, 6.45) is 0. The summed E-state index contributed by atoms with van der Waals surface area (Å²) in [6.45, 7) is 2.49. The molecule has 0 bridgehead atoms. The largest absolute Gasteiger partial charge is 0.393 e. The Kier molecular flexibility index (Phi) is 7.72. The molecule has 0 radical (unpaired) electrons. The van der Waals surface area contributed by atoms with Gasteiger partial charge in [0.25, 0.3) is 0 Å². The Morgan fingerprint density at radius 3 is 1.22 bits per heavy atom. The van der Waals surface area contributed by atoms with E-state index in [9.17, 15) is 75.0 Å². The van der Waals surface area contributed by atoms with Crippen molar-refractivity contribution in [3.63, 3.8) is 0 Å². The minimum atomic E-state index is -8.62. The first-order valence-corrected chi connectivity index (χ1v) is 9.03. The van der Waals surface area contributed by atoms with Crippen LogP contribution in [0, 0.1) is 13.8 Å². The first-order chi connectivity index (χ1) is 15.5. The molecule has 1 aromatic carbocycles. The van der Waals surface area contributed by atoms with Gasteiger partial charge in [-0.15, -0.1) is 0 Å². The Morgan fingerprint density at radius 2 is 0.889 bits per heavy atom. The van der Waals surface area contributed by atoms with Gasteiger partial charge < -0.3 is 5.32 Å². The van der Waals surface area contributed by atoms with Crippen LogP contribution in [0.4, 0.5) is 75.9 Å². The van der Waals surface area contributed by atoms with Crippen molar-refractivity contribution in [1.82, 2.24) is 0 Å². The fraction of sp³-hybridized carbons (Fsp3) is 0.588. The highest BCUT2D eigenvalue weighted by Gasteiger charge is 2.95. The fourth-order valence-electron chi connectivity index (χ4n) is 2.56. The van der Waals surface area contributed by atoms with E-state index >= 15 is 0 Å². The molecule has 0 spiro atoms. The number of alkyl halides is 17. The maximum absolute atomic E-state index is 13.9. The number of halogens is 17. The van der Waals surface area contributed by atoms with E-state index in [0.717, 1.165) is 17.4 Å². The van der Waals surface area contributed by atoms with E-state index < -0.39 is 58.4 Å². The van der Waals surface area contributed by atoms with Gasteiger partial charge in [0.1, 0.15) is 0 Å². The second-order valence-electron chi connectivity index (χ2n) is 7.35. The van der Waals surface area contributed by atoms with Crippen LogP contribution in [0.15, 0.2) is 18.2 Å². The number of amides is 1. The summed E-state index contributed by atoms with van der Waals surface area (Å²) in [7, 11) is 0. The minimum absolute atomic E-state index is 0.135. The van der Waals surface area contributed by atoms with Gasteiger partial charge in [-0.1, -0.05) is 6.07 Å². The fourth-order valence-corrected chi connectivity index (χ4v) is 2.68. The van der Waals surface area contributed by atoms with Crippen molar-refractivity contribution in [1.29, 1.82) is 0 Å². The van der Waals surface area contributed by atoms with Crippen LogP contribution >= 0.6 is 11.6 Å². The van der Waals surface area contributed by atoms with Crippen molar-refractivity contribution >= 4 is 23.2 Å². The molecule has 0 saturated carbocycles. The zero-order valence-electron chi connectivity index (χ0n) is 17.1. The molecule has 0 saturated heterocycles. The summed E-state index contributed by atoms with van der Waals surface area (Å²) in [5, 5.41) is -5.97. The van der Waals surface area contributed by atoms with Crippen molar-refractivity contribution in [2.75, 3.05) is 5.32 Å². The van der Waals surface area contributed by atoms with Crippen LogP contribution in [-0.4, -0.2) is 52.7 Å². The predicted molar refractivity (Wildman–Crippen MR) is 90.0 cm³/mol. The Morgan fingerprint density at radius 1 is 0.583 bits per heavy atom. The lowest BCUT2D eigenvalue weighted by molar-refractivity contribution is -0.445. The van der Waals surface area contributed by atoms with Gasteiger partial charge in [-0.25, -0.2) is 0 Å². The molecule has 1 amide bonds. The summed E-state index contributed by atoms with van der Waals surface area (Å²) in [6, 6.07) is 2.82. The minimum Gasteiger partial charge on any atom is -0.321 e. The second kappa shape index (κ2) is 8.72. The first kappa shape index (κ1) is 31.9. The third-order valence-electron chi connectivity index (χ3n) is 4.49. The van der Waals surface area contributed by atoms with E-state index in [-0.39, 0.29) is 11.1 Å². The molecule has 36 heavy (non-hydrogen) atoms. The predicted octanol–water partition coefficient (Wildman–Crippen LogP) is 7.52. The van der Waals surface area contributed by atoms with Crippen molar-refractivity contribution < 1.29 is 75.0 Å². The second-order valence-corrected chi connectivity index (χ2v) is 7.82. The third kappa shape index (κ3) is 4.42. The molecule has 0 heterocycles. The summed E-state index contributed by atoms with van der Waals surface area (Å²) in [5.41, 5.74) is -0.559. The molecule has 1 rings (SSSR count). The van der Waals surface area contributed by atoms with Crippen molar-refractivity contribution in [2.24, 2.45) is 0 Å².